The molecule has 1 atom stereocenters. The number of hydrogen-bond donors (Lipinski definition) is 2. The van der Waals surface area contributed by atoms with Gasteiger partial charge in [0.1, 0.15) is 5.69 Å². The van der Waals surface area contributed by atoms with E-state index in [4.69, 9.17) is 0 Å². The van der Waals surface area contributed by atoms with Crippen LogP contribution in [0.15, 0.2) is 6.07 Å². The number of nitrogens with one attached hydrogen (secondary N) is 2. The molecule has 23 heavy (non-hydrogen) atoms. The van der Waals surface area contributed by atoms with Crippen molar-refractivity contribution < 1.29 is 9.59 Å². The molecule has 1 saturated carbocycles. The minimum absolute atomic E-state index is 0.0315. The van der Waals surface area contributed by atoms with Crippen LogP contribution in [0.2, 0.25) is 0 Å². The third-order valence-electron chi connectivity index (χ3n) is 5.24. The molecular weight excluding hydrogens is 292 g/mol. The standard InChI is InChI=1S/C17H26N4O2/c1-11(2)13-9-14(20-19-13)15(22)21-8-5-12(10-21)18-16(23)17(3)6-4-7-17/h9,11-12H,4-8,10H2,1-3H3,(H,18,23)(H,19,20). The maximum atomic E-state index is 12.5. The Morgan fingerprint density at radius 1 is 1.43 bits per heavy atom. The molecule has 1 aromatic rings. The SMILES string of the molecule is CC(C)c1cc(C(=O)N2CCC(NC(=O)C3(C)CCC3)C2)[nH]n1. The Bertz CT molecular complexity index is 603. The Hall–Kier alpha value is -1.85. The summed E-state index contributed by atoms with van der Waals surface area (Å²) in [4.78, 5) is 26.6. The first-order chi connectivity index (χ1) is 10.9. The Balaban J connectivity index is 1.56. The normalized spacial score (nSPS) is 23.0. The van der Waals surface area contributed by atoms with Crippen LogP contribution >= 0.6 is 0 Å². The molecule has 2 aliphatic rings. The fourth-order valence-electron chi connectivity index (χ4n) is 3.27. The molecule has 1 unspecified atom stereocenters. The van der Waals surface area contributed by atoms with Crippen molar-refractivity contribution in [2.75, 3.05) is 13.1 Å². The van der Waals surface area contributed by atoms with Crippen LogP contribution in [0.4, 0.5) is 0 Å². The van der Waals surface area contributed by atoms with E-state index in [1.165, 1.54) is 0 Å². The van der Waals surface area contributed by atoms with E-state index in [9.17, 15) is 9.59 Å². The van der Waals surface area contributed by atoms with Crippen LogP contribution in [0.3, 0.4) is 0 Å². The van der Waals surface area contributed by atoms with Crippen LogP contribution < -0.4 is 5.32 Å². The summed E-state index contributed by atoms with van der Waals surface area (Å²) in [5.74, 6) is 0.407. The molecule has 2 amide bonds. The van der Waals surface area contributed by atoms with E-state index < -0.39 is 0 Å². The number of rotatable bonds is 4. The van der Waals surface area contributed by atoms with E-state index in [2.05, 4.69) is 15.5 Å². The number of hydrogen-bond acceptors (Lipinski definition) is 3. The number of nitrogens with zero attached hydrogens (tertiary/aromatic N) is 2. The minimum atomic E-state index is -0.188. The number of carbonyl (C=O) groups is 2. The summed E-state index contributed by atoms with van der Waals surface area (Å²) in [7, 11) is 0. The van der Waals surface area contributed by atoms with Gasteiger partial charge in [0.05, 0.1) is 5.69 Å². The van der Waals surface area contributed by atoms with Gasteiger partial charge in [0.2, 0.25) is 5.91 Å². The van der Waals surface area contributed by atoms with Gasteiger partial charge in [0.15, 0.2) is 0 Å². The Labute approximate surface area is 137 Å². The lowest BCUT2D eigenvalue weighted by molar-refractivity contribution is -0.135. The van der Waals surface area contributed by atoms with Crippen LogP contribution in [-0.2, 0) is 4.79 Å². The lowest BCUT2D eigenvalue weighted by Crippen LogP contribution is -2.48. The van der Waals surface area contributed by atoms with E-state index in [-0.39, 0.29) is 23.3 Å². The molecule has 3 rings (SSSR count). The van der Waals surface area contributed by atoms with Crippen molar-refractivity contribution >= 4 is 11.8 Å². The third kappa shape index (κ3) is 3.12. The summed E-state index contributed by atoms with van der Waals surface area (Å²) < 4.78 is 0. The zero-order valence-corrected chi connectivity index (χ0v) is 14.2. The lowest BCUT2D eigenvalue weighted by atomic mass is 9.70. The number of H-pyrrole nitrogens is 1. The first kappa shape index (κ1) is 16.0. The van der Waals surface area contributed by atoms with Gasteiger partial charge in [-0.15, -0.1) is 0 Å². The zero-order chi connectivity index (χ0) is 16.6. The van der Waals surface area contributed by atoms with Crippen LogP contribution in [0.5, 0.6) is 0 Å². The minimum Gasteiger partial charge on any atom is -0.351 e. The van der Waals surface area contributed by atoms with Crippen molar-refractivity contribution in [3.63, 3.8) is 0 Å². The van der Waals surface area contributed by atoms with Crippen LogP contribution in [0.25, 0.3) is 0 Å². The molecule has 6 heteroatoms. The Morgan fingerprint density at radius 2 is 2.17 bits per heavy atom. The molecule has 2 fully saturated rings. The molecule has 0 bridgehead atoms. The first-order valence-corrected chi connectivity index (χ1v) is 8.54. The lowest BCUT2D eigenvalue weighted by Gasteiger charge is -2.37. The van der Waals surface area contributed by atoms with Gasteiger partial charge in [0, 0.05) is 24.5 Å². The number of likely N-dealkylation sites (tertiary alicyclic amines) is 1. The number of amides is 2. The maximum absolute atomic E-state index is 12.5. The van der Waals surface area contributed by atoms with Crippen molar-refractivity contribution in [2.45, 2.75) is 58.4 Å². The predicted octanol–water partition coefficient (Wildman–Crippen LogP) is 2.05. The third-order valence-corrected chi connectivity index (χ3v) is 5.24. The molecule has 1 aliphatic carbocycles. The molecule has 126 valence electrons. The van der Waals surface area contributed by atoms with Crippen molar-refractivity contribution in [3.8, 4) is 0 Å². The van der Waals surface area contributed by atoms with E-state index in [0.717, 1.165) is 31.4 Å². The molecule has 2 N–H and O–H groups in total. The summed E-state index contributed by atoms with van der Waals surface area (Å²) in [6.45, 7) is 7.38. The average molecular weight is 318 g/mol. The van der Waals surface area contributed by atoms with Gasteiger partial charge >= 0.3 is 0 Å². The highest BCUT2D eigenvalue weighted by Crippen LogP contribution is 2.40. The quantitative estimate of drug-likeness (QED) is 0.892. The van der Waals surface area contributed by atoms with E-state index in [0.29, 0.717) is 24.7 Å². The molecule has 6 nitrogen and oxygen atoms in total. The van der Waals surface area contributed by atoms with Gasteiger partial charge in [-0.25, -0.2) is 0 Å². The van der Waals surface area contributed by atoms with Gasteiger partial charge in [-0.1, -0.05) is 27.2 Å². The van der Waals surface area contributed by atoms with Crippen LogP contribution in [0, 0.1) is 5.41 Å². The number of aromatic nitrogens is 2. The topological polar surface area (TPSA) is 78.1 Å². The monoisotopic (exact) mass is 318 g/mol. The van der Waals surface area contributed by atoms with Crippen LogP contribution in [0.1, 0.15) is 68.6 Å². The van der Waals surface area contributed by atoms with Crippen molar-refractivity contribution in [2.24, 2.45) is 5.41 Å². The van der Waals surface area contributed by atoms with E-state index in [1.807, 2.05) is 26.8 Å². The second kappa shape index (κ2) is 5.98. The van der Waals surface area contributed by atoms with Crippen molar-refractivity contribution in [1.82, 2.24) is 20.4 Å². The van der Waals surface area contributed by atoms with Crippen molar-refractivity contribution in [3.05, 3.63) is 17.5 Å². The summed E-state index contributed by atoms with van der Waals surface area (Å²) in [5, 5.41) is 10.1. The highest BCUT2D eigenvalue weighted by molar-refractivity contribution is 5.92. The highest BCUT2D eigenvalue weighted by atomic mass is 16.2. The summed E-state index contributed by atoms with van der Waals surface area (Å²) >= 11 is 0. The van der Waals surface area contributed by atoms with Gasteiger partial charge in [-0.3, -0.25) is 14.7 Å². The first-order valence-electron chi connectivity index (χ1n) is 8.54. The Morgan fingerprint density at radius 3 is 2.74 bits per heavy atom. The van der Waals surface area contributed by atoms with Gasteiger partial charge in [-0.05, 0) is 31.2 Å². The summed E-state index contributed by atoms with van der Waals surface area (Å²) in [6, 6.07) is 1.89. The fourth-order valence-corrected chi connectivity index (χ4v) is 3.27. The number of aromatic amines is 1. The molecule has 1 aromatic heterocycles. The average Bonchev–Trinajstić information content (AvgIpc) is 3.13. The van der Waals surface area contributed by atoms with E-state index >= 15 is 0 Å². The second-order valence-electron chi connectivity index (χ2n) is 7.49. The molecular formula is C17H26N4O2. The second-order valence-corrected chi connectivity index (χ2v) is 7.49. The van der Waals surface area contributed by atoms with Gasteiger partial charge in [0.25, 0.3) is 5.91 Å². The zero-order valence-electron chi connectivity index (χ0n) is 14.2. The maximum Gasteiger partial charge on any atom is 0.271 e. The predicted molar refractivity (Wildman–Crippen MR) is 87.1 cm³/mol. The molecule has 1 saturated heterocycles. The van der Waals surface area contributed by atoms with Gasteiger partial charge < -0.3 is 10.2 Å². The molecule has 0 spiro atoms. The van der Waals surface area contributed by atoms with Gasteiger partial charge in [-0.2, -0.15) is 5.10 Å². The smallest absolute Gasteiger partial charge is 0.271 e. The molecule has 0 radical (unpaired) electrons. The molecule has 1 aliphatic heterocycles. The van der Waals surface area contributed by atoms with E-state index in [1.54, 1.807) is 4.90 Å². The largest absolute Gasteiger partial charge is 0.351 e. The summed E-state index contributed by atoms with van der Waals surface area (Å²) in [6.07, 6.45) is 3.90. The van der Waals surface area contributed by atoms with Crippen molar-refractivity contribution in [1.29, 1.82) is 0 Å². The van der Waals surface area contributed by atoms with Crippen LogP contribution in [-0.4, -0.2) is 46.0 Å². The Kier molecular flexibility index (Phi) is 4.17. The number of carbonyl (C=O) groups excluding carboxylic acids is 2. The summed E-state index contributed by atoms with van der Waals surface area (Å²) in [5.41, 5.74) is 1.24. The molecule has 0 aromatic carbocycles. The highest BCUT2D eigenvalue weighted by Gasteiger charge is 2.41. The molecule has 2 heterocycles. The fraction of sp³-hybridized carbons (Fsp3) is 0.706.